The summed E-state index contributed by atoms with van der Waals surface area (Å²) in [7, 11) is 0. The molecule has 0 spiro atoms. The van der Waals surface area contributed by atoms with E-state index in [1.807, 2.05) is 41.4 Å². The second-order valence-corrected chi connectivity index (χ2v) is 8.43. The van der Waals surface area contributed by atoms with Crippen LogP contribution in [0.1, 0.15) is 53.7 Å². The maximum atomic E-state index is 13.8. The number of rotatable bonds is 6. The second-order valence-electron chi connectivity index (χ2n) is 7.99. The van der Waals surface area contributed by atoms with Crippen molar-refractivity contribution in [1.29, 1.82) is 0 Å². The summed E-state index contributed by atoms with van der Waals surface area (Å²) in [5.74, 6) is -0.481. The topological polar surface area (TPSA) is 25.2 Å². The molecule has 0 aliphatic heterocycles. The Morgan fingerprint density at radius 2 is 1.83 bits per heavy atom. The Morgan fingerprint density at radius 3 is 2.60 bits per heavy atom. The summed E-state index contributed by atoms with van der Waals surface area (Å²) >= 11 is 6.14. The summed E-state index contributed by atoms with van der Waals surface area (Å²) in [6.45, 7) is 1.20. The number of nitrogens with zero attached hydrogens (tertiary/aromatic N) is 2. The Kier molecular flexibility index (Phi) is 6.53. The van der Waals surface area contributed by atoms with Crippen LogP contribution in [0.15, 0.2) is 66.9 Å². The van der Waals surface area contributed by atoms with Gasteiger partial charge in [0.15, 0.2) is 0 Å². The molecule has 1 aliphatic rings. The van der Waals surface area contributed by atoms with E-state index < -0.39 is 0 Å². The van der Waals surface area contributed by atoms with Crippen molar-refractivity contribution < 1.29 is 9.18 Å². The molecule has 1 aliphatic carbocycles. The number of hydrogen-bond donors (Lipinski definition) is 0. The fraction of sp³-hybridized carbons (Fsp3) is 0.320. The lowest BCUT2D eigenvalue weighted by Crippen LogP contribution is -2.41. The number of carbonyl (C=O) groups is 1. The lowest BCUT2D eigenvalue weighted by atomic mass is 9.93. The standard InChI is InChI=1S/C25H26ClFN2O/c26-21-9-4-7-19(15-21)17-28-14-6-13-24(28)18-29(23-11-2-1-3-12-23)25(30)20-8-5-10-22(27)16-20/h4-10,13-16,23H,1-3,11-12,17-18H2. The van der Waals surface area contributed by atoms with Crippen molar-refractivity contribution in [2.24, 2.45) is 0 Å². The summed E-state index contributed by atoms with van der Waals surface area (Å²) in [4.78, 5) is 15.3. The van der Waals surface area contributed by atoms with E-state index in [0.717, 1.165) is 36.9 Å². The lowest BCUT2D eigenvalue weighted by Gasteiger charge is -2.35. The van der Waals surface area contributed by atoms with Crippen LogP contribution in [0, 0.1) is 5.82 Å². The Bertz CT molecular complexity index is 1010. The third-order valence-corrected chi connectivity index (χ3v) is 6.08. The molecule has 2 aromatic carbocycles. The van der Waals surface area contributed by atoms with E-state index in [2.05, 4.69) is 10.6 Å². The molecule has 3 aromatic rings. The van der Waals surface area contributed by atoms with Crippen LogP contribution in [0.25, 0.3) is 0 Å². The van der Waals surface area contributed by atoms with Crippen LogP contribution < -0.4 is 0 Å². The molecular weight excluding hydrogens is 399 g/mol. The number of carbonyl (C=O) groups excluding carboxylic acids is 1. The van der Waals surface area contributed by atoms with Crippen molar-refractivity contribution >= 4 is 17.5 Å². The Hall–Kier alpha value is -2.59. The van der Waals surface area contributed by atoms with Crippen LogP contribution in [-0.2, 0) is 13.1 Å². The first kappa shape index (κ1) is 20.7. The van der Waals surface area contributed by atoms with Crippen molar-refractivity contribution in [3.05, 3.63) is 94.5 Å². The smallest absolute Gasteiger partial charge is 0.254 e. The van der Waals surface area contributed by atoms with Gasteiger partial charge in [-0.25, -0.2) is 4.39 Å². The van der Waals surface area contributed by atoms with Gasteiger partial charge in [0.25, 0.3) is 5.91 Å². The maximum absolute atomic E-state index is 13.8. The van der Waals surface area contributed by atoms with E-state index in [4.69, 9.17) is 11.6 Å². The molecule has 0 atom stereocenters. The molecular formula is C25H26ClFN2O. The molecule has 156 valence electrons. The SMILES string of the molecule is O=C(c1cccc(F)c1)N(Cc1cccn1Cc1cccc(Cl)c1)C1CCCCC1. The quantitative estimate of drug-likeness (QED) is 0.455. The Labute approximate surface area is 182 Å². The predicted molar refractivity (Wildman–Crippen MR) is 118 cm³/mol. The van der Waals surface area contributed by atoms with Gasteiger partial charge in [0, 0.05) is 35.1 Å². The number of halogens is 2. The van der Waals surface area contributed by atoms with Crippen LogP contribution in [0.5, 0.6) is 0 Å². The summed E-state index contributed by atoms with van der Waals surface area (Å²) < 4.78 is 15.9. The molecule has 1 saturated carbocycles. The van der Waals surface area contributed by atoms with Gasteiger partial charge in [0.1, 0.15) is 5.82 Å². The molecule has 1 amide bonds. The average molecular weight is 425 g/mol. The summed E-state index contributed by atoms with van der Waals surface area (Å²) in [6.07, 6.45) is 7.49. The molecule has 30 heavy (non-hydrogen) atoms. The highest BCUT2D eigenvalue weighted by atomic mass is 35.5. The molecule has 4 rings (SSSR count). The largest absolute Gasteiger partial charge is 0.345 e. The van der Waals surface area contributed by atoms with Gasteiger partial charge in [-0.15, -0.1) is 0 Å². The zero-order valence-corrected chi connectivity index (χ0v) is 17.7. The normalized spacial score (nSPS) is 14.6. The summed E-state index contributed by atoms with van der Waals surface area (Å²) in [6, 6.07) is 18.1. The van der Waals surface area contributed by atoms with Gasteiger partial charge in [-0.3, -0.25) is 4.79 Å². The number of hydrogen-bond acceptors (Lipinski definition) is 1. The van der Waals surface area contributed by atoms with Crippen LogP contribution in [0.2, 0.25) is 5.02 Å². The highest BCUT2D eigenvalue weighted by molar-refractivity contribution is 6.30. The monoisotopic (exact) mass is 424 g/mol. The van der Waals surface area contributed by atoms with Crippen molar-refractivity contribution in [2.45, 2.75) is 51.2 Å². The number of aromatic nitrogens is 1. The third kappa shape index (κ3) is 4.93. The second kappa shape index (κ2) is 9.48. The van der Waals surface area contributed by atoms with Gasteiger partial charge < -0.3 is 9.47 Å². The molecule has 1 fully saturated rings. The van der Waals surface area contributed by atoms with Crippen LogP contribution in [0.3, 0.4) is 0 Å². The number of amides is 1. The zero-order chi connectivity index (χ0) is 20.9. The lowest BCUT2D eigenvalue weighted by molar-refractivity contribution is 0.0608. The summed E-state index contributed by atoms with van der Waals surface area (Å²) in [5.41, 5.74) is 2.58. The predicted octanol–water partition coefficient (Wildman–Crippen LogP) is 6.30. The minimum atomic E-state index is -0.381. The van der Waals surface area contributed by atoms with Crippen LogP contribution in [-0.4, -0.2) is 21.4 Å². The highest BCUT2D eigenvalue weighted by Crippen LogP contribution is 2.26. The molecule has 1 heterocycles. The first-order chi connectivity index (χ1) is 14.6. The van der Waals surface area contributed by atoms with Gasteiger partial charge in [-0.05, 0) is 60.9 Å². The third-order valence-electron chi connectivity index (χ3n) is 5.85. The van der Waals surface area contributed by atoms with Crippen LogP contribution in [0.4, 0.5) is 4.39 Å². The van der Waals surface area contributed by atoms with Crippen LogP contribution >= 0.6 is 11.6 Å². The van der Waals surface area contributed by atoms with E-state index in [1.165, 1.54) is 18.6 Å². The first-order valence-corrected chi connectivity index (χ1v) is 10.9. The van der Waals surface area contributed by atoms with E-state index >= 15 is 0 Å². The Morgan fingerprint density at radius 1 is 1.03 bits per heavy atom. The molecule has 0 N–H and O–H groups in total. The Balaban J connectivity index is 1.59. The molecule has 5 heteroatoms. The average Bonchev–Trinajstić information content (AvgIpc) is 3.19. The first-order valence-electron chi connectivity index (χ1n) is 10.5. The van der Waals surface area contributed by atoms with Gasteiger partial charge in [0.2, 0.25) is 0 Å². The molecule has 0 saturated heterocycles. The van der Waals surface area contributed by atoms with Gasteiger partial charge >= 0.3 is 0 Å². The molecule has 3 nitrogen and oxygen atoms in total. The minimum absolute atomic E-state index is 0.100. The van der Waals surface area contributed by atoms with E-state index in [0.29, 0.717) is 23.7 Å². The van der Waals surface area contributed by atoms with E-state index in [1.54, 1.807) is 12.1 Å². The van der Waals surface area contributed by atoms with Gasteiger partial charge in [-0.1, -0.05) is 49.1 Å². The highest BCUT2D eigenvalue weighted by Gasteiger charge is 2.27. The van der Waals surface area contributed by atoms with Gasteiger partial charge in [0.05, 0.1) is 6.54 Å². The van der Waals surface area contributed by atoms with E-state index in [-0.39, 0.29) is 17.8 Å². The van der Waals surface area contributed by atoms with Crippen molar-refractivity contribution in [3.8, 4) is 0 Å². The zero-order valence-electron chi connectivity index (χ0n) is 16.9. The number of benzene rings is 2. The molecule has 1 aromatic heterocycles. The minimum Gasteiger partial charge on any atom is -0.345 e. The fourth-order valence-electron chi connectivity index (χ4n) is 4.30. The molecule has 0 bridgehead atoms. The molecule has 0 unspecified atom stereocenters. The van der Waals surface area contributed by atoms with E-state index in [9.17, 15) is 9.18 Å². The van der Waals surface area contributed by atoms with Crippen molar-refractivity contribution in [2.75, 3.05) is 0 Å². The van der Waals surface area contributed by atoms with Crippen molar-refractivity contribution in [1.82, 2.24) is 9.47 Å². The van der Waals surface area contributed by atoms with Gasteiger partial charge in [-0.2, -0.15) is 0 Å². The fourth-order valence-corrected chi connectivity index (χ4v) is 4.51. The maximum Gasteiger partial charge on any atom is 0.254 e. The molecule has 0 radical (unpaired) electrons. The van der Waals surface area contributed by atoms with Crippen molar-refractivity contribution in [3.63, 3.8) is 0 Å². The summed E-state index contributed by atoms with van der Waals surface area (Å²) in [5, 5.41) is 0.714.